The first-order valence-electron chi connectivity index (χ1n) is 9.48. The summed E-state index contributed by atoms with van der Waals surface area (Å²) in [5.41, 5.74) is 3.59. The number of amides is 2. The molecule has 6 heteroatoms. The third kappa shape index (κ3) is 4.10. The van der Waals surface area contributed by atoms with Crippen molar-refractivity contribution in [2.24, 2.45) is 0 Å². The van der Waals surface area contributed by atoms with Crippen LogP contribution in [-0.4, -0.2) is 24.4 Å². The highest BCUT2D eigenvalue weighted by Crippen LogP contribution is 2.35. The lowest BCUT2D eigenvalue weighted by Gasteiger charge is -2.15. The maximum absolute atomic E-state index is 13.0. The highest BCUT2D eigenvalue weighted by Gasteiger charge is 2.39. The van der Waals surface area contributed by atoms with E-state index in [0.717, 1.165) is 28.9 Å². The molecule has 1 aliphatic heterocycles. The van der Waals surface area contributed by atoms with Gasteiger partial charge in [0.25, 0.3) is 11.8 Å². The van der Waals surface area contributed by atoms with Crippen molar-refractivity contribution >= 4 is 40.6 Å². The van der Waals surface area contributed by atoms with Gasteiger partial charge in [-0.15, -0.1) is 0 Å². The first kappa shape index (κ1) is 20.8. The number of aryl methyl sites for hydroxylation is 2. The van der Waals surface area contributed by atoms with E-state index in [0.29, 0.717) is 23.4 Å². The van der Waals surface area contributed by atoms with Crippen LogP contribution >= 0.6 is 11.6 Å². The van der Waals surface area contributed by atoms with E-state index in [9.17, 15) is 14.4 Å². The summed E-state index contributed by atoms with van der Waals surface area (Å²) >= 11 is 6.24. The molecule has 0 saturated carbocycles. The minimum Gasteiger partial charge on any atom is -0.462 e. The quantitative estimate of drug-likeness (QED) is 0.389. The summed E-state index contributed by atoms with van der Waals surface area (Å²) in [5.74, 6) is -1.50. The third-order valence-corrected chi connectivity index (χ3v) is 5.27. The Balaban J connectivity index is 1.84. The van der Waals surface area contributed by atoms with Gasteiger partial charge in [-0.25, -0.2) is 9.69 Å². The fourth-order valence-electron chi connectivity index (χ4n) is 3.02. The zero-order valence-corrected chi connectivity index (χ0v) is 17.4. The molecule has 1 heterocycles. The van der Waals surface area contributed by atoms with Gasteiger partial charge in [-0.3, -0.25) is 9.59 Å². The van der Waals surface area contributed by atoms with Crippen molar-refractivity contribution in [2.45, 2.75) is 33.6 Å². The van der Waals surface area contributed by atoms with E-state index in [1.165, 1.54) is 12.1 Å². The van der Waals surface area contributed by atoms with Crippen molar-refractivity contribution in [1.82, 2.24) is 0 Å². The van der Waals surface area contributed by atoms with Gasteiger partial charge in [-0.05, 0) is 61.2 Å². The first-order valence-corrected chi connectivity index (χ1v) is 9.86. The van der Waals surface area contributed by atoms with E-state index in [4.69, 9.17) is 16.3 Å². The molecule has 0 aromatic heterocycles. The standard InChI is InChI=1S/C23H22ClNO4/c1-4-5-12-29-23(28)16-8-10-18(11-9-16)25-21(26)19(20(24)22(25)27)17-7-6-14(2)15(3)13-17/h6-11,13H,4-5,12H2,1-3H3. The number of esters is 1. The molecule has 150 valence electrons. The number of nitrogens with zero attached hydrogens (tertiary/aromatic N) is 1. The van der Waals surface area contributed by atoms with Crippen molar-refractivity contribution in [3.8, 4) is 0 Å². The average molecular weight is 412 g/mol. The summed E-state index contributed by atoms with van der Waals surface area (Å²) < 4.78 is 5.17. The Hall–Kier alpha value is -2.92. The van der Waals surface area contributed by atoms with E-state index >= 15 is 0 Å². The lowest BCUT2D eigenvalue weighted by atomic mass is 10.0. The summed E-state index contributed by atoms with van der Waals surface area (Å²) in [6.07, 6.45) is 1.73. The lowest BCUT2D eigenvalue weighted by Crippen LogP contribution is -2.31. The van der Waals surface area contributed by atoms with Crippen LogP contribution in [0.3, 0.4) is 0 Å². The predicted molar refractivity (Wildman–Crippen MR) is 113 cm³/mol. The Morgan fingerprint density at radius 3 is 2.31 bits per heavy atom. The Kier molecular flexibility index (Phi) is 6.18. The van der Waals surface area contributed by atoms with Crippen LogP contribution in [0.2, 0.25) is 0 Å². The number of hydrogen-bond acceptors (Lipinski definition) is 4. The normalized spacial score (nSPS) is 14.0. The summed E-state index contributed by atoms with van der Waals surface area (Å²) in [4.78, 5) is 38.7. The molecule has 0 aliphatic carbocycles. The van der Waals surface area contributed by atoms with Crippen molar-refractivity contribution in [2.75, 3.05) is 11.5 Å². The first-order chi connectivity index (χ1) is 13.8. The predicted octanol–water partition coefficient (Wildman–Crippen LogP) is 4.78. The van der Waals surface area contributed by atoms with Crippen molar-refractivity contribution in [3.05, 3.63) is 69.8 Å². The number of halogens is 1. The van der Waals surface area contributed by atoms with E-state index in [2.05, 4.69) is 0 Å². The van der Waals surface area contributed by atoms with Crippen molar-refractivity contribution < 1.29 is 19.1 Å². The second-order valence-electron chi connectivity index (χ2n) is 6.97. The molecule has 29 heavy (non-hydrogen) atoms. The molecule has 0 spiro atoms. The topological polar surface area (TPSA) is 63.7 Å². The third-order valence-electron chi connectivity index (χ3n) is 4.92. The zero-order chi connectivity index (χ0) is 21.1. The van der Waals surface area contributed by atoms with Gasteiger partial charge in [0.15, 0.2) is 0 Å². The minimum atomic E-state index is -0.580. The van der Waals surface area contributed by atoms with Gasteiger partial charge < -0.3 is 4.74 Å². The zero-order valence-electron chi connectivity index (χ0n) is 16.6. The fourth-order valence-corrected chi connectivity index (χ4v) is 3.30. The molecule has 0 fully saturated rings. The number of ether oxygens (including phenoxy) is 1. The Bertz CT molecular complexity index is 1010. The Morgan fingerprint density at radius 1 is 1.00 bits per heavy atom. The maximum Gasteiger partial charge on any atom is 0.338 e. The van der Waals surface area contributed by atoms with Crippen LogP contribution in [-0.2, 0) is 14.3 Å². The number of unbranched alkanes of at least 4 members (excludes halogenated alkanes) is 1. The number of anilines is 1. The summed E-state index contributed by atoms with van der Waals surface area (Å²) in [5, 5.41) is -0.110. The Morgan fingerprint density at radius 2 is 1.69 bits per heavy atom. The summed E-state index contributed by atoms with van der Waals surface area (Å²) in [7, 11) is 0. The molecule has 0 unspecified atom stereocenters. The Labute approximate surface area is 174 Å². The highest BCUT2D eigenvalue weighted by molar-refractivity contribution is 6.60. The van der Waals surface area contributed by atoms with Gasteiger partial charge >= 0.3 is 5.97 Å². The average Bonchev–Trinajstić information content (AvgIpc) is 2.93. The van der Waals surface area contributed by atoms with Gasteiger partial charge in [-0.1, -0.05) is 43.1 Å². The number of carbonyl (C=O) groups is 3. The SMILES string of the molecule is CCCCOC(=O)c1ccc(N2C(=O)C(Cl)=C(c3ccc(C)c(C)c3)C2=O)cc1. The molecule has 0 N–H and O–H groups in total. The molecule has 2 amide bonds. The van der Waals surface area contributed by atoms with Crippen molar-refractivity contribution in [3.63, 3.8) is 0 Å². The van der Waals surface area contributed by atoms with Crippen molar-refractivity contribution in [1.29, 1.82) is 0 Å². The van der Waals surface area contributed by atoms with Crippen LogP contribution in [0.5, 0.6) is 0 Å². The second kappa shape index (κ2) is 8.62. The largest absolute Gasteiger partial charge is 0.462 e. The highest BCUT2D eigenvalue weighted by atomic mass is 35.5. The maximum atomic E-state index is 13.0. The molecule has 1 aliphatic rings. The van der Waals surface area contributed by atoms with Crippen LogP contribution in [0.4, 0.5) is 5.69 Å². The van der Waals surface area contributed by atoms with Gasteiger partial charge in [0, 0.05) is 0 Å². The molecule has 2 aromatic carbocycles. The monoisotopic (exact) mass is 411 g/mol. The van der Waals surface area contributed by atoms with Crippen LogP contribution in [0, 0.1) is 13.8 Å². The van der Waals surface area contributed by atoms with Crippen LogP contribution in [0.15, 0.2) is 47.5 Å². The summed E-state index contributed by atoms with van der Waals surface area (Å²) in [6, 6.07) is 11.7. The van der Waals surface area contributed by atoms with E-state index in [1.54, 1.807) is 18.2 Å². The molecule has 0 radical (unpaired) electrons. The number of rotatable bonds is 6. The molecule has 3 rings (SSSR count). The number of imide groups is 1. The van der Waals surface area contributed by atoms with Gasteiger partial charge in [0.1, 0.15) is 5.03 Å². The molecular weight excluding hydrogens is 390 g/mol. The van der Waals surface area contributed by atoms with Crippen LogP contribution in [0.1, 0.15) is 46.8 Å². The van der Waals surface area contributed by atoms with Crippen LogP contribution in [0.25, 0.3) is 5.57 Å². The second-order valence-corrected chi connectivity index (χ2v) is 7.35. The van der Waals surface area contributed by atoms with E-state index < -0.39 is 17.8 Å². The van der Waals surface area contributed by atoms with Crippen LogP contribution < -0.4 is 4.90 Å². The van der Waals surface area contributed by atoms with E-state index in [-0.39, 0.29) is 10.6 Å². The van der Waals surface area contributed by atoms with Gasteiger partial charge in [-0.2, -0.15) is 0 Å². The number of carbonyl (C=O) groups excluding carboxylic acids is 3. The minimum absolute atomic E-state index is 0.110. The molecular formula is C23H22ClNO4. The molecule has 0 saturated heterocycles. The molecule has 0 bridgehead atoms. The van der Waals surface area contributed by atoms with E-state index in [1.807, 2.05) is 32.9 Å². The smallest absolute Gasteiger partial charge is 0.338 e. The number of benzene rings is 2. The van der Waals surface area contributed by atoms with Gasteiger partial charge in [0.05, 0.1) is 23.4 Å². The lowest BCUT2D eigenvalue weighted by molar-refractivity contribution is -0.119. The molecule has 2 aromatic rings. The van der Waals surface area contributed by atoms with Gasteiger partial charge in [0.2, 0.25) is 0 Å². The number of hydrogen-bond donors (Lipinski definition) is 0. The fraction of sp³-hybridized carbons (Fsp3) is 0.261. The molecule has 0 atom stereocenters. The molecule has 5 nitrogen and oxygen atoms in total. The summed E-state index contributed by atoms with van der Waals surface area (Å²) in [6.45, 7) is 6.28.